The second kappa shape index (κ2) is 6.02. The van der Waals surface area contributed by atoms with Gasteiger partial charge in [-0.3, -0.25) is 4.79 Å². The molecule has 0 aliphatic heterocycles. The van der Waals surface area contributed by atoms with E-state index in [1.807, 2.05) is 0 Å². The minimum atomic E-state index is -1.21. The maximum Gasteiger partial charge on any atom is 0.331 e. The van der Waals surface area contributed by atoms with Crippen molar-refractivity contribution >= 4 is 34.8 Å². The van der Waals surface area contributed by atoms with E-state index >= 15 is 0 Å². The molecule has 4 nitrogen and oxygen atoms in total. The molecule has 1 aromatic heterocycles. The molecule has 0 bridgehead atoms. The Balaban J connectivity index is 2.23. The van der Waals surface area contributed by atoms with Crippen molar-refractivity contribution in [3.05, 3.63) is 57.0 Å². The molecule has 0 fully saturated rings. The molecule has 1 aromatic carbocycles. The third-order valence-electron chi connectivity index (χ3n) is 2.53. The molecule has 1 atom stereocenters. The Morgan fingerprint density at radius 1 is 1.35 bits per heavy atom. The molecule has 0 saturated heterocycles. The fourth-order valence-corrected chi connectivity index (χ4v) is 2.52. The number of hydrogen-bond acceptors (Lipinski definition) is 3. The lowest BCUT2D eigenvalue weighted by molar-refractivity contribution is -0.139. The lowest BCUT2D eigenvalue weighted by Crippen LogP contribution is -2.33. The molecule has 1 heterocycles. The number of thiophene rings is 1. The second-order valence-corrected chi connectivity index (χ2v) is 5.30. The number of amides is 1. The smallest absolute Gasteiger partial charge is 0.331 e. The Hall–Kier alpha value is -1.92. The van der Waals surface area contributed by atoms with E-state index < -0.39 is 23.7 Å². The lowest BCUT2D eigenvalue weighted by atomic mass is 10.1. The maximum atomic E-state index is 13.6. The molecule has 0 spiro atoms. The molecular weight excluding hydrogens is 305 g/mol. The Kier molecular flexibility index (Phi) is 4.36. The molecule has 0 saturated carbocycles. The van der Waals surface area contributed by atoms with Gasteiger partial charge in [-0.2, -0.15) is 0 Å². The summed E-state index contributed by atoms with van der Waals surface area (Å²) in [6.07, 6.45) is 0. The van der Waals surface area contributed by atoms with Crippen molar-refractivity contribution in [2.24, 2.45) is 0 Å². The van der Waals surface area contributed by atoms with Crippen LogP contribution in [0.1, 0.15) is 21.3 Å². The first-order valence-corrected chi connectivity index (χ1v) is 6.77. The van der Waals surface area contributed by atoms with Gasteiger partial charge >= 0.3 is 5.97 Å². The number of hydrogen-bond donors (Lipinski definition) is 2. The predicted octanol–water partition coefficient (Wildman–Crippen LogP) is 3.10. The van der Waals surface area contributed by atoms with Gasteiger partial charge in [0.05, 0.1) is 5.56 Å². The average Bonchev–Trinajstić information content (AvgIpc) is 2.88. The first-order chi connectivity index (χ1) is 9.49. The molecule has 7 heteroatoms. The third-order valence-corrected chi connectivity index (χ3v) is 3.70. The number of nitrogens with one attached hydrogen (secondary N) is 1. The molecule has 20 heavy (non-hydrogen) atoms. The summed E-state index contributed by atoms with van der Waals surface area (Å²) in [5.74, 6) is -2.82. The van der Waals surface area contributed by atoms with Crippen LogP contribution in [0, 0.1) is 5.82 Å². The number of aliphatic carboxylic acids is 1. The fraction of sp³-hybridized carbons (Fsp3) is 0.0769. The molecule has 0 radical (unpaired) electrons. The SMILES string of the molecule is O=C(NC(C(=O)O)c1cccs1)c1ccc(Cl)cc1F. The van der Waals surface area contributed by atoms with Crippen LogP contribution in [0.15, 0.2) is 35.7 Å². The molecule has 104 valence electrons. The van der Waals surface area contributed by atoms with E-state index in [9.17, 15) is 14.0 Å². The third kappa shape index (κ3) is 3.15. The van der Waals surface area contributed by atoms with E-state index in [4.69, 9.17) is 16.7 Å². The number of carboxylic acid groups (broad SMARTS) is 1. The minimum absolute atomic E-state index is 0.159. The van der Waals surface area contributed by atoms with Crippen LogP contribution in [0.3, 0.4) is 0 Å². The van der Waals surface area contributed by atoms with Crippen molar-refractivity contribution in [3.8, 4) is 0 Å². The molecule has 2 rings (SSSR count). The van der Waals surface area contributed by atoms with Crippen LogP contribution in [0.4, 0.5) is 4.39 Å². The number of carboxylic acids is 1. The van der Waals surface area contributed by atoms with Crippen molar-refractivity contribution in [2.45, 2.75) is 6.04 Å². The van der Waals surface area contributed by atoms with Gasteiger partial charge in [0.2, 0.25) is 0 Å². The van der Waals surface area contributed by atoms with Crippen molar-refractivity contribution < 1.29 is 19.1 Å². The summed E-state index contributed by atoms with van der Waals surface area (Å²) in [4.78, 5) is 23.6. The van der Waals surface area contributed by atoms with E-state index in [-0.39, 0.29) is 10.6 Å². The molecule has 2 aromatic rings. The molecule has 2 N–H and O–H groups in total. The minimum Gasteiger partial charge on any atom is -0.479 e. The normalized spacial score (nSPS) is 11.9. The predicted molar refractivity (Wildman–Crippen MR) is 73.6 cm³/mol. The highest BCUT2D eigenvalue weighted by Gasteiger charge is 2.24. The van der Waals surface area contributed by atoms with Crippen LogP contribution in [0.2, 0.25) is 5.02 Å². The zero-order valence-corrected chi connectivity index (χ0v) is 11.5. The van der Waals surface area contributed by atoms with Gasteiger partial charge < -0.3 is 10.4 Å². The van der Waals surface area contributed by atoms with Crippen molar-refractivity contribution in [3.63, 3.8) is 0 Å². The highest BCUT2D eigenvalue weighted by molar-refractivity contribution is 7.10. The Labute approximate surface area is 122 Å². The summed E-state index contributed by atoms with van der Waals surface area (Å²) in [5, 5.41) is 13.3. The fourth-order valence-electron chi connectivity index (χ4n) is 1.59. The van der Waals surface area contributed by atoms with Gasteiger partial charge in [0.25, 0.3) is 5.91 Å². The lowest BCUT2D eigenvalue weighted by Gasteiger charge is -2.13. The van der Waals surface area contributed by atoms with E-state index in [1.165, 1.54) is 23.5 Å². The number of carbonyl (C=O) groups is 2. The quantitative estimate of drug-likeness (QED) is 0.911. The second-order valence-electron chi connectivity index (χ2n) is 3.88. The number of carbonyl (C=O) groups excluding carboxylic acids is 1. The van der Waals surface area contributed by atoms with E-state index in [0.29, 0.717) is 4.88 Å². The topological polar surface area (TPSA) is 66.4 Å². The van der Waals surface area contributed by atoms with Gasteiger partial charge in [0.1, 0.15) is 5.82 Å². The number of rotatable bonds is 4. The molecular formula is C13H9ClFNO3S. The summed E-state index contributed by atoms with van der Waals surface area (Å²) in [7, 11) is 0. The van der Waals surface area contributed by atoms with Crippen molar-refractivity contribution in [2.75, 3.05) is 0 Å². The van der Waals surface area contributed by atoms with Gasteiger partial charge in [-0.15, -0.1) is 11.3 Å². The van der Waals surface area contributed by atoms with Crippen LogP contribution < -0.4 is 5.32 Å². The van der Waals surface area contributed by atoms with Crippen LogP contribution >= 0.6 is 22.9 Å². The highest BCUT2D eigenvalue weighted by Crippen LogP contribution is 2.21. The first kappa shape index (κ1) is 14.5. The standard InChI is InChI=1S/C13H9ClFNO3S/c14-7-3-4-8(9(15)6-7)12(17)16-11(13(18)19)10-2-1-5-20-10/h1-6,11H,(H,16,17)(H,18,19). The van der Waals surface area contributed by atoms with Gasteiger partial charge in [-0.05, 0) is 29.6 Å². The summed E-state index contributed by atoms with van der Waals surface area (Å²) < 4.78 is 13.6. The Morgan fingerprint density at radius 3 is 2.65 bits per heavy atom. The van der Waals surface area contributed by atoms with Gasteiger partial charge in [-0.1, -0.05) is 17.7 Å². The van der Waals surface area contributed by atoms with E-state index in [0.717, 1.165) is 6.07 Å². The van der Waals surface area contributed by atoms with Gasteiger partial charge in [0, 0.05) is 9.90 Å². The van der Waals surface area contributed by atoms with Crippen LogP contribution in [0.25, 0.3) is 0 Å². The highest BCUT2D eigenvalue weighted by atomic mass is 35.5. The largest absolute Gasteiger partial charge is 0.479 e. The summed E-state index contributed by atoms with van der Waals surface area (Å²) in [5.41, 5.74) is -0.253. The zero-order chi connectivity index (χ0) is 14.7. The van der Waals surface area contributed by atoms with Crippen LogP contribution in [-0.2, 0) is 4.79 Å². The molecule has 1 amide bonds. The molecule has 0 aliphatic carbocycles. The maximum absolute atomic E-state index is 13.6. The summed E-state index contributed by atoms with van der Waals surface area (Å²) in [6, 6.07) is 5.61. The van der Waals surface area contributed by atoms with E-state index in [2.05, 4.69) is 5.32 Å². The monoisotopic (exact) mass is 313 g/mol. The summed E-state index contributed by atoms with van der Waals surface area (Å²) >= 11 is 6.79. The van der Waals surface area contributed by atoms with E-state index in [1.54, 1.807) is 17.5 Å². The van der Waals surface area contributed by atoms with Gasteiger partial charge in [-0.25, -0.2) is 9.18 Å². The van der Waals surface area contributed by atoms with Gasteiger partial charge in [0.15, 0.2) is 6.04 Å². The molecule has 0 aliphatic rings. The number of benzene rings is 1. The molecule has 1 unspecified atom stereocenters. The zero-order valence-electron chi connectivity index (χ0n) is 9.97. The van der Waals surface area contributed by atoms with Crippen molar-refractivity contribution in [1.29, 1.82) is 0 Å². The average molecular weight is 314 g/mol. The Bertz CT molecular complexity index is 645. The van der Waals surface area contributed by atoms with Crippen LogP contribution in [-0.4, -0.2) is 17.0 Å². The first-order valence-electron chi connectivity index (χ1n) is 5.51. The Morgan fingerprint density at radius 2 is 2.10 bits per heavy atom. The number of halogens is 2. The summed E-state index contributed by atoms with van der Waals surface area (Å²) in [6.45, 7) is 0. The van der Waals surface area contributed by atoms with Crippen LogP contribution in [0.5, 0.6) is 0 Å². The van der Waals surface area contributed by atoms with Crippen molar-refractivity contribution in [1.82, 2.24) is 5.32 Å².